The molecule has 148 valence electrons. The molecule has 0 saturated carbocycles. The number of hydrogen-bond acceptors (Lipinski definition) is 6. The molecule has 1 aliphatic heterocycles. The monoisotopic (exact) mass is 393 g/mol. The van der Waals surface area contributed by atoms with Crippen LogP contribution in [0.2, 0.25) is 0 Å². The van der Waals surface area contributed by atoms with Crippen LogP contribution in [-0.2, 0) is 22.7 Å². The van der Waals surface area contributed by atoms with E-state index in [-0.39, 0.29) is 30.0 Å². The Balaban J connectivity index is 1.32. The van der Waals surface area contributed by atoms with Crippen molar-refractivity contribution in [3.8, 4) is 0 Å². The molecule has 1 saturated heterocycles. The van der Waals surface area contributed by atoms with Gasteiger partial charge in [-0.1, -0.05) is 0 Å². The van der Waals surface area contributed by atoms with Gasteiger partial charge in [0.1, 0.15) is 6.04 Å². The zero-order chi connectivity index (χ0) is 20.2. The van der Waals surface area contributed by atoms with E-state index in [0.29, 0.717) is 30.7 Å². The smallest absolute Gasteiger partial charge is 0.272 e. The molecule has 0 radical (unpaired) electrons. The van der Waals surface area contributed by atoms with Gasteiger partial charge in [-0.15, -0.1) is 0 Å². The highest BCUT2D eigenvalue weighted by Crippen LogP contribution is 2.08. The third-order valence-electron chi connectivity index (χ3n) is 4.56. The van der Waals surface area contributed by atoms with Crippen LogP contribution in [0.5, 0.6) is 0 Å². The van der Waals surface area contributed by atoms with Crippen molar-refractivity contribution in [2.45, 2.75) is 32.0 Å². The Labute approximate surface area is 165 Å². The van der Waals surface area contributed by atoms with Gasteiger partial charge in [0.15, 0.2) is 11.3 Å². The summed E-state index contributed by atoms with van der Waals surface area (Å²) in [7, 11) is 0. The Bertz CT molecular complexity index is 1050. The lowest BCUT2D eigenvalue weighted by Gasteiger charge is -2.11. The van der Waals surface area contributed by atoms with Crippen molar-refractivity contribution in [3.05, 3.63) is 59.8 Å². The Hall–Kier alpha value is -3.82. The van der Waals surface area contributed by atoms with Crippen molar-refractivity contribution in [2.24, 2.45) is 0 Å². The maximum Gasteiger partial charge on any atom is 0.272 e. The van der Waals surface area contributed by atoms with E-state index in [1.165, 1.54) is 4.52 Å². The van der Waals surface area contributed by atoms with E-state index in [0.717, 1.165) is 5.56 Å². The van der Waals surface area contributed by atoms with E-state index in [1.807, 2.05) is 0 Å². The molecule has 10 nitrogen and oxygen atoms in total. The summed E-state index contributed by atoms with van der Waals surface area (Å²) in [6.07, 6.45) is 5.85. The van der Waals surface area contributed by atoms with E-state index < -0.39 is 6.04 Å². The van der Waals surface area contributed by atoms with Gasteiger partial charge in [0.25, 0.3) is 5.91 Å². The van der Waals surface area contributed by atoms with Crippen LogP contribution < -0.4 is 16.0 Å². The molecule has 3 amide bonds. The number of pyridine rings is 1. The number of nitrogens with zero attached hydrogens (tertiary/aromatic N) is 4. The SMILES string of the molecule is O=C1CCC(C(=O)NCc2cc(CNC(=O)c3cc4ncccn4n3)ccn2)N1. The highest BCUT2D eigenvalue weighted by Gasteiger charge is 2.26. The number of carbonyl (C=O) groups is 3. The standard InChI is InChI=1S/C19H19N7O3/c27-17-3-2-14(24-17)18(28)23-11-13-8-12(4-6-20-13)10-22-19(29)15-9-16-21-5-1-7-26(16)25-15/h1,4-9,14H,2-3,10-11H2,(H,22,29)(H,23,28)(H,24,27). The first-order valence-corrected chi connectivity index (χ1v) is 9.18. The summed E-state index contributed by atoms with van der Waals surface area (Å²) < 4.78 is 1.54. The van der Waals surface area contributed by atoms with Crippen LogP contribution in [0.3, 0.4) is 0 Å². The molecule has 0 spiro atoms. The normalized spacial score (nSPS) is 15.9. The zero-order valence-electron chi connectivity index (χ0n) is 15.5. The minimum Gasteiger partial charge on any atom is -0.349 e. The fraction of sp³-hybridized carbons (Fsp3) is 0.263. The van der Waals surface area contributed by atoms with Crippen LogP contribution in [0.1, 0.15) is 34.6 Å². The van der Waals surface area contributed by atoms with Gasteiger partial charge in [-0.2, -0.15) is 5.10 Å². The van der Waals surface area contributed by atoms with Gasteiger partial charge in [-0.25, -0.2) is 9.50 Å². The van der Waals surface area contributed by atoms with Gasteiger partial charge in [0.2, 0.25) is 11.8 Å². The predicted molar refractivity (Wildman–Crippen MR) is 101 cm³/mol. The number of fused-ring (bicyclic) bond motifs is 1. The molecular weight excluding hydrogens is 374 g/mol. The molecule has 3 N–H and O–H groups in total. The van der Waals surface area contributed by atoms with Crippen molar-refractivity contribution in [1.29, 1.82) is 0 Å². The van der Waals surface area contributed by atoms with Crippen LogP contribution in [0.15, 0.2) is 42.9 Å². The quantitative estimate of drug-likeness (QED) is 0.538. The number of rotatable bonds is 6. The van der Waals surface area contributed by atoms with E-state index in [1.54, 1.807) is 42.9 Å². The molecule has 4 rings (SSSR count). The van der Waals surface area contributed by atoms with Gasteiger partial charge in [0, 0.05) is 37.6 Å². The number of nitrogens with one attached hydrogen (secondary N) is 3. The summed E-state index contributed by atoms with van der Waals surface area (Å²) in [6, 6.07) is 6.46. The molecule has 29 heavy (non-hydrogen) atoms. The van der Waals surface area contributed by atoms with Crippen LogP contribution in [0.25, 0.3) is 5.65 Å². The summed E-state index contributed by atoms with van der Waals surface area (Å²) in [5.41, 5.74) is 2.38. The zero-order valence-corrected chi connectivity index (χ0v) is 15.5. The second kappa shape index (κ2) is 8.05. The molecule has 1 aliphatic rings. The first-order chi connectivity index (χ1) is 14.1. The fourth-order valence-electron chi connectivity index (χ4n) is 3.06. The minimum absolute atomic E-state index is 0.109. The summed E-state index contributed by atoms with van der Waals surface area (Å²) >= 11 is 0. The lowest BCUT2D eigenvalue weighted by Crippen LogP contribution is -2.41. The van der Waals surface area contributed by atoms with Crippen molar-refractivity contribution >= 4 is 23.4 Å². The Morgan fingerprint density at radius 3 is 2.86 bits per heavy atom. The molecule has 4 heterocycles. The molecule has 0 aromatic carbocycles. The molecule has 3 aromatic rings. The highest BCUT2D eigenvalue weighted by molar-refractivity contribution is 5.93. The van der Waals surface area contributed by atoms with Crippen LogP contribution in [0.4, 0.5) is 0 Å². The average molecular weight is 393 g/mol. The van der Waals surface area contributed by atoms with E-state index in [9.17, 15) is 14.4 Å². The summed E-state index contributed by atoms with van der Waals surface area (Å²) in [5, 5.41) is 12.4. The van der Waals surface area contributed by atoms with Gasteiger partial charge < -0.3 is 16.0 Å². The van der Waals surface area contributed by atoms with E-state index in [2.05, 4.69) is 31.0 Å². The summed E-state index contributed by atoms with van der Waals surface area (Å²) in [6.45, 7) is 0.535. The van der Waals surface area contributed by atoms with Crippen molar-refractivity contribution in [3.63, 3.8) is 0 Å². The van der Waals surface area contributed by atoms with Gasteiger partial charge in [-0.05, 0) is 30.2 Å². The predicted octanol–water partition coefficient (Wildman–Crippen LogP) is -0.0509. The Kier molecular flexibility index (Phi) is 5.14. The third-order valence-corrected chi connectivity index (χ3v) is 4.56. The second-order valence-electron chi connectivity index (χ2n) is 6.67. The van der Waals surface area contributed by atoms with Crippen LogP contribution >= 0.6 is 0 Å². The first kappa shape index (κ1) is 18.5. The number of hydrogen-bond donors (Lipinski definition) is 3. The molecule has 3 aromatic heterocycles. The molecule has 0 aliphatic carbocycles. The number of carbonyl (C=O) groups excluding carboxylic acids is 3. The number of amides is 3. The Morgan fingerprint density at radius 1 is 1.17 bits per heavy atom. The molecule has 0 bridgehead atoms. The van der Waals surface area contributed by atoms with Crippen molar-refractivity contribution in [2.75, 3.05) is 0 Å². The van der Waals surface area contributed by atoms with Crippen LogP contribution in [0, 0.1) is 0 Å². The molecule has 1 fully saturated rings. The van der Waals surface area contributed by atoms with Crippen molar-refractivity contribution in [1.82, 2.24) is 35.5 Å². The lowest BCUT2D eigenvalue weighted by atomic mass is 10.2. The average Bonchev–Trinajstić information content (AvgIpc) is 3.37. The molecule has 1 atom stereocenters. The van der Waals surface area contributed by atoms with Crippen LogP contribution in [-0.4, -0.2) is 43.3 Å². The third kappa shape index (κ3) is 4.37. The highest BCUT2D eigenvalue weighted by atomic mass is 16.2. The maximum atomic E-state index is 12.3. The van der Waals surface area contributed by atoms with E-state index >= 15 is 0 Å². The largest absolute Gasteiger partial charge is 0.349 e. The molecule has 1 unspecified atom stereocenters. The van der Waals surface area contributed by atoms with Gasteiger partial charge >= 0.3 is 0 Å². The Morgan fingerprint density at radius 2 is 2.07 bits per heavy atom. The minimum atomic E-state index is -0.482. The van der Waals surface area contributed by atoms with Crippen molar-refractivity contribution < 1.29 is 14.4 Å². The van der Waals surface area contributed by atoms with Gasteiger partial charge in [0.05, 0.1) is 12.2 Å². The summed E-state index contributed by atoms with van der Waals surface area (Å²) in [4.78, 5) is 44.0. The first-order valence-electron chi connectivity index (χ1n) is 9.18. The topological polar surface area (TPSA) is 130 Å². The fourth-order valence-corrected chi connectivity index (χ4v) is 3.06. The maximum absolute atomic E-state index is 12.3. The molecule has 10 heteroatoms. The lowest BCUT2D eigenvalue weighted by molar-refractivity contribution is -0.125. The number of aromatic nitrogens is 4. The molecular formula is C19H19N7O3. The van der Waals surface area contributed by atoms with E-state index in [4.69, 9.17) is 0 Å². The summed E-state index contributed by atoms with van der Waals surface area (Å²) in [5.74, 6) is -0.640. The van der Waals surface area contributed by atoms with Gasteiger partial charge in [-0.3, -0.25) is 19.4 Å². The second-order valence-corrected chi connectivity index (χ2v) is 6.67.